The Bertz CT molecular complexity index is 479. The lowest BCUT2D eigenvalue weighted by Gasteiger charge is -2.35. The van der Waals surface area contributed by atoms with Gasteiger partial charge in [-0.3, -0.25) is 4.90 Å². The maximum atomic E-state index is 5.60. The van der Waals surface area contributed by atoms with Crippen LogP contribution in [-0.2, 0) is 6.54 Å². The third-order valence-electron chi connectivity index (χ3n) is 4.91. The first-order valence-corrected chi connectivity index (χ1v) is 8.61. The van der Waals surface area contributed by atoms with Gasteiger partial charge in [0, 0.05) is 32.7 Å². The molecular formula is C18H29N3O. The van der Waals surface area contributed by atoms with E-state index in [0.717, 1.165) is 37.7 Å². The third-order valence-corrected chi connectivity index (χ3v) is 4.91. The van der Waals surface area contributed by atoms with Crippen LogP contribution in [0.4, 0.5) is 0 Å². The second kappa shape index (κ2) is 7.44. The fraction of sp³-hybridized carbons (Fsp3) is 0.667. The third kappa shape index (κ3) is 4.00. The van der Waals surface area contributed by atoms with Crippen LogP contribution >= 0.6 is 0 Å². The Morgan fingerprint density at radius 3 is 2.50 bits per heavy atom. The van der Waals surface area contributed by atoms with Gasteiger partial charge in [-0.15, -0.1) is 0 Å². The van der Waals surface area contributed by atoms with Gasteiger partial charge in [-0.25, -0.2) is 0 Å². The molecule has 1 aromatic carbocycles. The number of nitrogens with zero attached hydrogens (tertiary/aromatic N) is 2. The Hall–Kier alpha value is -1.10. The van der Waals surface area contributed by atoms with E-state index in [-0.39, 0.29) is 0 Å². The number of hydrogen-bond acceptors (Lipinski definition) is 4. The zero-order valence-corrected chi connectivity index (χ0v) is 13.8. The fourth-order valence-corrected chi connectivity index (χ4v) is 3.35. The van der Waals surface area contributed by atoms with Crippen molar-refractivity contribution in [2.45, 2.75) is 31.7 Å². The maximum Gasteiger partial charge on any atom is 0.119 e. The van der Waals surface area contributed by atoms with Crippen molar-refractivity contribution >= 4 is 0 Å². The topological polar surface area (TPSA) is 41.7 Å². The molecule has 1 heterocycles. The molecule has 0 unspecified atom stereocenters. The Labute approximate surface area is 134 Å². The minimum absolute atomic E-state index is 0.774. The van der Waals surface area contributed by atoms with Crippen molar-refractivity contribution in [1.82, 2.24) is 9.80 Å². The van der Waals surface area contributed by atoms with Crippen LogP contribution in [0, 0.1) is 0 Å². The molecule has 2 fully saturated rings. The molecule has 1 aliphatic heterocycles. The van der Waals surface area contributed by atoms with Crippen LogP contribution in [0.2, 0.25) is 0 Å². The standard InChI is InChI=1S/C18H29N3O/c1-22-17-6-5-16(18(13-17)15-3-4-15)14-21-11-9-20(10-12-21)8-2-7-19/h5-6,13,15H,2-4,7-12,14,19H2,1H3. The van der Waals surface area contributed by atoms with E-state index in [0.29, 0.717) is 0 Å². The summed E-state index contributed by atoms with van der Waals surface area (Å²) in [7, 11) is 1.76. The van der Waals surface area contributed by atoms with Crippen molar-refractivity contribution in [1.29, 1.82) is 0 Å². The van der Waals surface area contributed by atoms with Crippen molar-refractivity contribution in [2.75, 3.05) is 46.4 Å². The van der Waals surface area contributed by atoms with Crippen molar-refractivity contribution in [3.63, 3.8) is 0 Å². The van der Waals surface area contributed by atoms with Crippen LogP contribution in [0.25, 0.3) is 0 Å². The molecule has 2 N–H and O–H groups in total. The molecule has 4 heteroatoms. The van der Waals surface area contributed by atoms with Gasteiger partial charge in [-0.1, -0.05) is 6.07 Å². The molecule has 0 radical (unpaired) electrons. The van der Waals surface area contributed by atoms with E-state index in [4.69, 9.17) is 10.5 Å². The van der Waals surface area contributed by atoms with Crippen molar-refractivity contribution in [2.24, 2.45) is 5.73 Å². The number of rotatable bonds is 7. The van der Waals surface area contributed by atoms with Crippen LogP contribution in [0.15, 0.2) is 18.2 Å². The summed E-state index contributed by atoms with van der Waals surface area (Å²) < 4.78 is 5.40. The highest BCUT2D eigenvalue weighted by Gasteiger charge is 2.27. The molecule has 4 nitrogen and oxygen atoms in total. The predicted molar refractivity (Wildman–Crippen MR) is 90.4 cm³/mol. The summed E-state index contributed by atoms with van der Waals surface area (Å²) in [6, 6.07) is 6.64. The minimum Gasteiger partial charge on any atom is -0.497 e. The zero-order chi connectivity index (χ0) is 15.4. The van der Waals surface area contributed by atoms with Gasteiger partial charge in [-0.2, -0.15) is 0 Å². The number of benzene rings is 1. The second-order valence-corrected chi connectivity index (χ2v) is 6.60. The van der Waals surface area contributed by atoms with E-state index in [2.05, 4.69) is 28.0 Å². The van der Waals surface area contributed by atoms with E-state index in [9.17, 15) is 0 Å². The van der Waals surface area contributed by atoms with Crippen LogP contribution < -0.4 is 10.5 Å². The molecule has 0 bridgehead atoms. The Balaban J connectivity index is 1.57. The molecule has 0 amide bonds. The summed E-state index contributed by atoms with van der Waals surface area (Å²) in [5, 5.41) is 0. The molecule has 122 valence electrons. The Morgan fingerprint density at radius 2 is 1.86 bits per heavy atom. The highest BCUT2D eigenvalue weighted by Crippen LogP contribution is 2.43. The highest BCUT2D eigenvalue weighted by atomic mass is 16.5. The normalized spacial score (nSPS) is 20.3. The molecule has 0 aromatic heterocycles. The average molecular weight is 303 g/mol. The van der Waals surface area contributed by atoms with E-state index >= 15 is 0 Å². The second-order valence-electron chi connectivity index (χ2n) is 6.60. The quantitative estimate of drug-likeness (QED) is 0.837. The molecule has 3 rings (SSSR count). The van der Waals surface area contributed by atoms with Gasteiger partial charge in [0.2, 0.25) is 0 Å². The van der Waals surface area contributed by atoms with Gasteiger partial charge in [0.05, 0.1) is 7.11 Å². The van der Waals surface area contributed by atoms with Crippen LogP contribution in [0.5, 0.6) is 5.75 Å². The van der Waals surface area contributed by atoms with Gasteiger partial charge >= 0.3 is 0 Å². The molecular weight excluding hydrogens is 274 g/mol. The Kier molecular flexibility index (Phi) is 5.34. The number of nitrogens with two attached hydrogens (primary N) is 1. The summed E-state index contributed by atoms with van der Waals surface area (Å²) in [5.41, 5.74) is 8.62. The first-order valence-electron chi connectivity index (χ1n) is 8.61. The van der Waals surface area contributed by atoms with Crippen LogP contribution in [0.1, 0.15) is 36.3 Å². The van der Waals surface area contributed by atoms with E-state index < -0.39 is 0 Å². The van der Waals surface area contributed by atoms with Gasteiger partial charge < -0.3 is 15.4 Å². The Morgan fingerprint density at radius 1 is 1.14 bits per heavy atom. The summed E-state index contributed by atoms with van der Waals surface area (Å²) in [6.45, 7) is 7.73. The lowest BCUT2D eigenvalue weighted by atomic mass is 10.0. The molecule has 2 aliphatic rings. The lowest BCUT2D eigenvalue weighted by Crippen LogP contribution is -2.46. The first kappa shape index (κ1) is 15.8. The number of methoxy groups -OCH3 is 1. The number of ether oxygens (including phenoxy) is 1. The summed E-state index contributed by atoms with van der Waals surface area (Å²) >= 11 is 0. The molecule has 1 aliphatic carbocycles. The van der Waals surface area contributed by atoms with Crippen LogP contribution in [0.3, 0.4) is 0 Å². The predicted octanol–water partition coefficient (Wildman–Crippen LogP) is 2.04. The number of hydrogen-bond donors (Lipinski definition) is 1. The summed E-state index contributed by atoms with van der Waals surface area (Å²) in [4.78, 5) is 5.13. The molecule has 0 spiro atoms. The van der Waals surface area contributed by atoms with E-state index in [1.807, 2.05) is 0 Å². The largest absolute Gasteiger partial charge is 0.497 e. The average Bonchev–Trinajstić information content (AvgIpc) is 3.39. The van der Waals surface area contributed by atoms with Crippen molar-refractivity contribution in [3.8, 4) is 5.75 Å². The van der Waals surface area contributed by atoms with E-state index in [1.165, 1.54) is 50.1 Å². The zero-order valence-electron chi connectivity index (χ0n) is 13.8. The summed E-state index contributed by atoms with van der Waals surface area (Å²) in [6.07, 6.45) is 3.80. The lowest BCUT2D eigenvalue weighted by molar-refractivity contribution is 0.126. The molecule has 22 heavy (non-hydrogen) atoms. The molecule has 1 saturated carbocycles. The SMILES string of the molecule is COc1ccc(CN2CCN(CCCN)CC2)c(C2CC2)c1. The van der Waals surface area contributed by atoms with Gasteiger partial charge in [0.25, 0.3) is 0 Å². The number of piperazine rings is 1. The van der Waals surface area contributed by atoms with Crippen molar-refractivity contribution in [3.05, 3.63) is 29.3 Å². The minimum atomic E-state index is 0.774. The maximum absolute atomic E-state index is 5.60. The molecule has 1 aromatic rings. The van der Waals surface area contributed by atoms with Gasteiger partial charge in [-0.05, 0) is 61.5 Å². The summed E-state index contributed by atoms with van der Waals surface area (Å²) in [5.74, 6) is 1.77. The molecule has 0 atom stereocenters. The van der Waals surface area contributed by atoms with Gasteiger partial charge in [0.15, 0.2) is 0 Å². The van der Waals surface area contributed by atoms with Crippen LogP contribution in [-0.4, -0.2) is 56.2 Å². The fourth-order valence-electron chi connectivity index (χ4n) is 3.35. The first-order chi connectivity index (χ1) is 10.8. The van der Waals surface area contributed by atoms with Crippen molar-refractivity contribution < 1.29 is 4.74 Å². The smallest absolute Gasteiger partial charge is 0.119 e. The molecule has 1 saturated heterocycles. The van der Waals surface area contributed by atoms with Gasteiger partial charge in [0.1, 0.15) is 5.75 Å². The van der Waals surface area contributed by atoms with E-state index in [1.54, 1.807) is 7.11 Å². The highest BCUT2D eigenvalue weighted by molar-refractivity contribution is 5.40. The monoisotopic (exact) mass is 303 g/mol.